The Hall–Kier alpha value is -4.18. The lowest BCUT2D eigenvalue weighted by Crippen LogP contribution is -2.14. The highest BCUT2D eigenvalue weighted by atomic mass is 16.5. The van der Waals surface area contributed by atoms with Gasteiger partial charge in [0, 0.05) is 17.6 Å². The Bertz CT molecular complexity index is 1070. The van der Waals surface area contributed by atoms with Gasteiger partial charge in [-0.25, -0.2) is 4.79 Å². The number of carbonyl (C=O) groups excluding carboxylic acids is 2. The normalized spacial score (nSPS) is 9.93. The fraction of sp³-hybridized carbons (Fsp3) is 0.0909. The first-order chi connectivity index (χ1) is 14.1. The summed E-state index contributed by atoms with van der Waals surface area (Å²) < 4.78 is 4.96. The topological polar surface area (TPSA) is 104 Å². The van der Waals surface area contributed by atoms with E-state index < -0.39 is 5.91 Å². The van der Waals surface area contributed by atoms with Crippen LogP contribution in [0.25, 0.3) is 0 Å². The molecule has 3 aromatic rings. The van der Waals surface area contributed by atoms with Crippen molar-refractivity contribution in [1.29, 1.82) is 5.26 Å². The highest BCUT2D eigenvalue weighted by molar-refractivity contribution is 6.04. The predicted octanol–water partition coefficient (Wildman–Crippen LogP) is 4.13. The molecule has 29 heavy (non-hydrogen) atoms. The van der Waals surface area contributed by atoms with Gasteiger partial charge in [0.05, 0.1) is 23.4 Å². The fourth-order valence-electron chi connectivity index (χ4n) is 2.58. The lowest BCUT2D eigenvalue weighted by Gasteiger charge is -2.10. The third-order valence-corrected chi connectivity index (χ3v) is 3.97. The number of rotatable bonds is 6. The van der Waals surface area contributed by atoms with Crippen molar-refractivity contribution < 1.29 is 14.3 Å². The zero-order chi connectivity index (χ0) is 20.6. The molecule has 7 nitrogen and oxygen atoms in total. The van der Waals surface area contributed by atoms with Crippen molar-refractivity contribution in [3.05, 3.63) is 83.7 Å². The molecule has 0 unspecified atom stereocenters. The summed E-state index contributed by atoms with van der Waals surface area (Å²) in [6.45, 7) is 2.07. The van der Waals surface area contributed by atoms with E-state index in [0.29, 0.717) is 29.1 Å². The first-order valence-corrected chi connectivity index (χ1v) is 8.91. The standard InChI is InChI=1S/C22H18N4O3/c1-2-29-22(28)15-7-9-17(10-8-15)25-18-11-12-24-20(13-18)21(27)26-19-6-4-3-5-16(19)14-23/h3-13H,2H2,1H3,(H,24,25)(H,26,27). The molecule has 144 valence electrons. The number of hydrogen-bond donors (Lipinski definition) is 2. The summed E-state index contributed by atoms with van der Waals surface area (Å²) in [5.74, 6) is -0.798. The van der Waals surface area contributed by atoms with Crippen molar-refractivity contribution in [3.8, 4) is 6.07 Å². The highest BCUT2D eigenvalue weighted by Gasteiger charge is 2.11. The molecule has 1 heterocycles. The maximum atomic E-state index is 12.5. The Balaban J connectivity index is 1.72. The number of nitriles is 1. The van der Waals surface area contributed by atoms with Gasteiger partial charge >= 0.3 is 5.97 Å². The van der Waals surface area contributed by atoms with E-state index >= 15 is 0 Å². The Kier molecular flexibility index (Phi) is 6.18. The Morgan fingerprint density at radius 3 is 2.55 bits per heavy atom. The van der Waals surface area contributed by atoms with Crippen LogP contribution in [0.1, 0.15) is 33.3 Å². The maximum Gasteiger partial charge on any atom is 0.338 e. The summed E-state index contributed by atoms with van der Waals surface area (Å²) in [5, 5.41) is 15.0. The van der Waals surface area contributed by atoms with Crippen LogP contribution in [-0.2, 0) is 4.74 Å². The molecule has 3 rings (SSSR count). The van der Waals surface area contributed by atoms with Gasteiger partial charge in [-0.3, -0.25) is 9.78 Å². The molecule has 0 spiro atoms. The first-order valence-electron chi connectivity index (χ1n) is 8.91. The number of ether oxygens (including phenoxy) is 1. The molecule has 1 aromatic heterocycles. The third-order valence-electron chi connectivity index (χ3n) is 3.97. The van der Waals surface area contributed by atoms with Gasteiger partial charge in [0.1, 0.15) is 11.8 Å². The molecular formula is C22H18N4O3. The molecule has 0 aliphatic heterocycles. The van der Waals surface area contributed by atoms with Gasteiger partial charge in [0.25, 0.3) is 5.91 Å². The van der Waals surface area contributed by atoms with Crippen molar-refractivity contribution >= 4 is 28.9 Å². The number of para-hydroxylation sites is 1. The summed E-state index contributed by atoms with van der Waals surface area (Å²) in [4.78, 5) is 28.3. The van der Waals surface area contributed by atoms with E-state index in [-0.39, 0.29) is 11.7 Å². The number of anilines is 3. The number of carbonyl (C=O) groups is 2. The van der Waals surface area contributed by atoms with Crippen LogP contribution < -0.4 is 10.6 Å². The van der Waals surface area contributed by atoms with Gasteiger partial charge in [-0.2, -0.15) is 5.26 Å². The van der Waals surface area contributed by atoms with Crippen molar-refractivity contribution in [2.75, 3.05) is 17.2 Å². The average Bonchev–Trinajstić information content (AvgIpc) is 2.75. The van der Waals surface area contributed by atoms with Gasteiger partial charge in [-0.1, -0.05) is 12.1 Å². The van der Waals surface area contributed by atoms with E-state index in [1.54, 1.807) is 67.6 Å². The number of benzene rings is 2. The molecule has 1 amide bonds. The van der Waals surface area contributed by atoms with Gasteiger partial charge < -0.3 is 15.4 Å². The summed E-state index contributed by atoms with van der Waals surface area (Å²) >= 11 is 0. The minimum absolute atomic E-state index is 0.200. The highest BCUT2D eigenvalue weighted by Crippen LogP contribution is 2.19. The van der Waals surface area contributed by atoms with Crippen LogP contribution in [0, 0.1) is 11.3 Å². The van der Waals surface area contributed by atoms with Crippen molar-refractivity contribution in [2.45, 2.75) is 6.92 Å². The maximum absolute atomic E-state index is 12.5. The number of aromatic nitrogens is 1. The molecular weight excluding hydrogens is 368 g/mol. The summed E-state index contributed by atoms with van der Waals surface area (Å²) in [7, 11) is 0. The molecule has 0 saturated heterocycles. The molecule has 2 N–H and O–H groups in total. The van der Waals surface area contributed by atoms with Crippen LogP contribution in [0.4, 0.5) is 17.1 Å². The third kappa shape index (κ3) is 4.96. The number of nitrogens with zero attached hydrogens (tertiary/aromatic N) is 2. The molecule has 0 radical (unpaired) electrons. The smallest absolute Gasteiger partial charge is 0.338 e. The first kappa shape index (κ1) is 19.6. The number of esters is 1. The lowest BCUT2D eigenvalue weighted by atomic mass is 10.2. The Morgan fingerprint density at radius 1 is 1.07 bits per heavy atom. The minimum Gasteiger partial charge on any atom is -0.462 e. The lowest BCUT2D eigenvalue weighted by molar-refractivity contribution is 0.0526. The van der Waals surface area contributed by atoms with Crippen molar-refractivity contribution in [3.63, 3.8) is 0 Å². The van der Waals surface area contributed by atoms with E-state index in [1.807, 2.05) is 6.07 Å². The quantitative estimate of drug-likeness (QED) is 0.618. The van der Waals surface area contributed by atoms with Gasteiger partial charge in [0.15, 0.2) is 0 Å². The van der Waals surface area contributed by atoms with Gasteiger partial charge in [0.2, 0.25) is 0 Å². The molecule has 0 atom stereocenters. The molecule has 0 fully saturated rings. The van der Waals surface area contributed by atoms with E-state index in [9.17, 15) is 9.59 Å². The van der Waals surface area contributed by atoms with Crippen LogP contribution in [0.3, 0.4) is 0 Å². The van der Waals surface area contributed by atoms with Crippen LogP contribution in [0.2, 0.25) is 0 Å². The van der Waals surface area contributed by atoms with Crippen LogP contribution in [0.5, 0.6) is 0 Å². The van der Waals surface area contributed by atoms with E-state index in [0.717, 1.165) is 5.69 Å². The molecule has 0 aliphatic rings. The summed E-state index contributed by atoms with van der Waals surface area (Å²) in [6, 6.07) is 18.9. The zero-order valence-electron chi connectivity index (χ0n) is 15.7. The second-order valence-electron chi connectivity index (χ2n) is 5.96. The van der Waals surface area contributed by atoms with E-state index in [2.05, 4.69) is 15.6 Å². The molecule has 0 saturated carbocycles. The summed E-state index contributed by atoms with van der Waals surface area (Å²) in [6.07, 6.45) is 1.51. The van der Waals surface area contributed by atoms with E-state index in [1.165, 1.54) is 6.20 Å². The average molecular weight is 386 g/mol. The van der Waals surface area contributed by atoms with Crippen LogP contribution in [-0.4, -0.2) is 23.5 Å². The Morgan fingerprint density at radius 2 is 1.83 bits per heavy atom. The second kappa shape index (κ2) is 9.15. The Labute approximate surface area is 168 Å². The fourth-order valence-corrected chi connectivity index (χ4v) is 2.58. The second-order valence-corrected chi connectivity index (χ2v) is 5.96. The number of pyridine rings is 1. The van der Waals surface area contributed by atoms with Crippen molar-refractivity contribution in [2.24, 2.45) is 0 Å². The minimum atomic E-state index is -0.422. The number of amides is 1. The van der Waals surface area contributed by atoms with Crippen LogP contribution in [0.15, 0.2) is 66.9 Å². The molecule has 2 aromatic carbocycles. The number of hydrogen-bond acceptors (Lipinski definition) is 6. The van der Waals surface area contributed by atoms with Crippen LogP contribution >= 0.6 is 0 Å². The molecule has 0 bridgehead atoms. The molecule has 0 aliphatic carbocycles. The van der Waals surface area contributed by atoms with Gasteiger partial charge in [-0.05, 0) is 55.5 Å². The molecule has 7 heteroatoms. The number of nitrogens with one attached hydrogen (secondary N) is 2. The van der Waals surface area contributed by atoms with E-state index in [4.69, 9.17) is 10.00 Å². The van der Waals surface area contributed by atoms with Crippen molar-refractivity contribution in [1.82, 2.24) is 4.98 Å². The SMILES string of the molecule is CCOC(=O)c1ccc(Nc2ccnc(C(=O)Nc3ccccc3C#N)c2)cc1. The van der Waals surface area contributed by atoms with Gasteiger partial charge in [-0.15, -0.1) is 0 Å². The monoisotopic (exact) mass is 386 g/mol. The zero-order valence-corrected chi connectivity index (χ0v) is 15.7. The predicted molar refractivity (Wildman–Crippen MR) is 109 cm³/mol. The summed E-state index contributed by atoms with van der Waals surface area (Å²) in [5.41, 5.74) is 2.86. The largest absolute Gasteiger partial charge is 0.462 e.